The van der Waals surface area contributed by atoms with Gasteiger partial charge in [-0.2, -0.15) is 0 Å². The van der Waals surface area contributed by atoms with E-state index in [1.165, 1.54) is 14.2 Å². The van der Waals surface area contributed by atoms with Crippen LogP contribution in [0, 0.1) is 11.8 Å². The lowest BCUT2D eigenvalue weighted by molar-refractivity contribution is -0.138. The molecule has 2 bridgehead atoms. The number of aromatic nitrogens is 4. The highest BCUT2D eigenvalue weighted by atomic mass is 16.5. The predicted molar refractivity (Wildman–Crippen MR) is 238 cm³/mol. The molecule has 63 heavy (non-hydrogen) atoms. The average molecular weight is 849 g/mol. The molecule has 2 aromatic heterocycles. The molecule has 14 nitrogen and oxygen atoms in total. The van der Waals surface area contributed by atoms with Crippen molar-refractivity contribution in [2.45, 2.75) is 76.2 Å². The van der Waals surface area contributed by atoms with Crippen LogP contribution in [0.4, 0.5) is 9.59 Å². The minimum Gasteiger partial charge on any atom is -0.453 e. The number of nitrogens with zero attached hydrogens (tertiary/aromatic N) is 4. The molecule has 9 rings (SSSR count). The molecule has 4 aromatic carbocycles. The van der Waals surface area contributed by atoms with Crippen LogP contribution >= 0.6 is 0 Å². The lowest BCUT2D eigenvalue weighted by Crippen LogP contribution is -2.51. The van der Waals surface area contributed by atoms with Gasteiger partial charge in [0.05, 0.1) is 50.1 Å². The summed E-state index contributed by atoms with van der Waals surface area (Å²) in [5.74, 6) is 1.34. The number of imidazole rings is 2. The summed E-state index contributed by atoms with van der Waals surface area (Å²) in [5, 5.41) is 7.67. The number of alkyl carbamates (subject to hydrolysis) is 2. The number of rotatable bonds is 11. The first-order chi connectivity index (χ1) is 30.6. The van der Waals surface area contributed by atoms with Crippen molar-refractivity contribution in [1.82, 2.24) is 40.4 Å². The number of H-pyrrole nitrogens is 2. The third-order valence-electron chi connectivity index (χ3n) is 13.1. The topological polar surface area (TPSA) is 175 Å². The maximum absolute atomic E-state index is 14.3. The van der Waals surface area contributed by atoms with E-state index in [1.54, 1.807) is 0 Å². The van der Waals surface area contributed by atoms with E-state index in [0.29, 0.717) is 12.1 Å². The molecule has 6 atom stereocenters. The van der Waals surface area contributed by atoms with E-state index in [9.17, 15) is 19.2 Å². The summed E-state index contributed by atoms with van der Waals surface area (Å²) in [4.78, 5) is 72.7. The highest BCUT2D eigenvalue weighted by Crippen LogP contribution is 2.50. The molecule has 0 unspecified atom stereocenters. The van der Waals surface area contributed by atoms with Crippen LogP contribution in [0.2, 0.25) is 0 Å². The van der Waals surface area contributed by atoms with Gasteiger partial charge in [0.25, 0.3) is 5.91 Å². The fourth-order valence-electron chi connectivity index (χ4n) is 9.83. The first-order valence-corrected chi connectivity index (χ1v) is 21.7. The fraction of sp³-hybridized carbons (Fsp3) is 0.347. The van der Waals surface area contributed by atoms with Crippen molar-refractivity contribution >= 4 is 34.8 Å². The second-order valence-corrected chi connectivity index (χ2v) is 17.2. The van der Waals surface area contributed by atoms with Crippen LogP contribution in [0.25, 0.3) is 44.4 Å². The minimum absolute atomic E-state index is 0.0762. The largest absolute Gasteiger partial charge is 0.453 e. The number of ether oxygens (including phenoxy) is 2. The number of likely N-dealkylation sites (tertiary alicyclic amines) is 2. The van der Waals surface area contributed by atoms with E-state index in [2.05, 4.69) is 81.3 Å². The summed E-state index contributed by atoms with van der Waals surface area (Å²) in [6.07, 6.45) is 6.85. The minimum atomic E-state index is -0.874. The molecule has 14 heteroatoms. The van der Waals surface area contributed by atoms with E-state index in [0.717, 1.165) is 88.2 Å². The number of aromatic amines is 2. The molecule has 6 aromatic rings. The quantitative estimate of drug-likeness (QED) is 0.100. The number of amides is 4. The fourth-order valence-corrected chi connectivity index (χ4v) is 9.83. The van der Waals surface area contributed by atoms with Gasteiger partial charge in [0, 0.05) is 18.2 Å². The number of methoxy groups -OCH3 is 2. The molecule has 4 amide bonds. The summed E-state index contributed by atoms with van der Waals surface area (Å²) >= 11 is 0. The normalized spacial score (nSPS) is 20.2. The van der Waals surface area contributed by atoms with Crippen molar-refractivity contribution in [3.63, 3.8) is 0 Å². The van der Waals surface area contributed by atoms with Gasteiger partial charge in [-0.1, -0.05) is 92.7 Å². The Kier molecular flexibility index (Phi) is 11.5. The van der Waals surface area contributed by atoms with E-state index >= 15 is 0 Å². The average Bonchev–Trinajstić information content (AvgIpc) is 4.18. The number of hydrogen-bond acceptors (Lipinski definition) is 8. The molecule has 4 N–H and O–H groups in total. The standard InChI is InChI=1S/C49H52N8O6/c1-28(2)41(54-48(60)62-3)46(58)56-22-8-11-40(56)44-50-27-39(52-44)35-19-18-33-23-32(16-17-34(33)24-35)29-12-14-30(15-13-29)38-26-51-45(53-38)43-36-20-21-37(25-36)57(43)47(59)42(55-49(61)63-4)31-9-6-5-7-10-31/h5-7,9-10,12-19,23-24,26-28,36-37,40-43H,8,11,20-22,25H2,1-4H3,(H,50,52)(H,51,53)(H,54,60)(H,55,61)/t36-,37+,40+,41+,42-,43+/m1/s1. The number of nitrogens with one attached hydrogen (secondary N) is 4. The molecule has 4 heterocycles. The second-order valence-electron chi connectivity index (χ2n) is 17.2. The van der Waals surface area contributed by atoms with Crippen LogP contribution in [-0.4, -0.2) is 86.6 Å². The van der Waals surface area contributed by atoms with Gasteiger partial charge in [-0.25, -0.2) is 19.6 Å². The molecule has 3 fully saturated rings. The first kappa shape index (κ1) is 41.4. The zero-order valence-corrected chi connectivity index (χ0v) is 35.8. The van der Waals surface area contributed by atoms with Crippen LogP contribution in [0.5, 0.6) is 0 Å². The maximum Gasteiger partial charge on any atom is 0.407 e. The summed E-state index contributed by atoms with van der Waals surface area (Å²) in [7, 11) is 2.59. The van der Waals surface area contributed by atoms with E-state index in [-0.39, 0.29) is 41.8 Å². The predicted octanol–water partition coefficient (Wildman–Crippen LogP) is 8.48. The van der Waals surface area contributed by atoms with Gasteiger partial charge in [0.15, 0.2) is 0 Å². The Morgan fingerprint density at radius 1 is 0.698 bits per heavy atom. The second kappa shape index (κ2) is 17.4. The summed E-state index contributed by atoms with van der Waals surface area (Å²) in [6, 6.07) is 28.5. The van der Waals surface area contributed by atoms with Gasteiger partial charge in [0.2, 0.25) is 5.91 Å². The third kappa shape index (κ3) is 8.13. The van der Waals surface area contributed by atoms with Crippen LogP contribution < -0.4 is 10.6 Å². The molecular formula is C49H52N8O6. The van der Waals surface area contributed by atoms with E-state index in [4.69, 9.17) is 19.4 Å². The van der Waals surface area contributed by atoms with Gasteiger partial charge < -0.3 is 39.9 Å². The summed E-state index contributed by atoms with van der Waals surface area (Å²) in [6.45, 7) is 4.40. The van der Waals surface area contributed by atoms with Crippen molar-refractivity contribution in [2.24, 2.45) is 11.8 Å². The molecule has 3 aliphatic rings. The van der Waals surface area contributed by atoms with E-state index in [1.807, 2.05) is 66.4 Å². The number of piperidine rings is 1. The van der Waals surface area contributed by atoms with Crippen LogP contribution in [0.3, 0.4) is 0 Å². The molecule has 0 radical (unpaired) electrons. The van der Waals surface area contributed by atoms with Crippen molar-refractivity contribution in [1.29, 1.82) is 0 Å². The molecule has 1 aliphatic carbocycles. The Labute approximate surface area is 365 Å². The third-order valence-corrected chi connectivity index (χ3v) is 13.1. The van der Waals surface area contributed by atoms with Gasteiger partial charge in [0.1, 0.15) is 23.7 Å². The molecule has 2 saturated heterocycles. The Hall–Kier alpha value is -6.96. The van der Waals surface area contributed by atoms with Crippen LogP contribution in [-0.2, 0) is 19.1 Å². The molecule has 324 valence electrons. The van der Waals surface area contributed by atoms with E-state index < -0.39 is 24.3 Å². The van der Waals surface area contributed by atoms with Gasteiger partial charge in [-0.15, -0.1) is 0 Å². The molecule has 0 spiro atoms. The number of hydrogen-bond donors (Lipinski definition) is 4. The number of benzene rings is 4. The number of carbonyl (C=O) groups is 4. The van der Waals surface area contributed by atoms with Crippen molar-refractivity contribution < 1.29 is 28.7 Å². The molecule has 1 saturated carbocycles. The number of fused-ring (bicyclic) bond motifs is 3. The van der Waals surface area contributed by atoms with Gasteiger partial charge in [-0.05, 0) is 89.1 Å². The highest BCUT2D eigenvalue weighted by Gasteiger charge is 2.51. The Morgan fingerprint density at radius 2 is 1.32 bits per heavy atom. The Morgan fingerprint density at radius 3 is 2.03 bits per heavy atom. The number of carbonyl (C=O) groups excluding carboxylic acids is 4. The SMILES string of the molecule is COC(=O)N[C@H](C(=O)N1CCC[C@H]1c1ncc(-c2ccc3cc(-c4ccc(-c5cnc([C@@H]6[C@@H]7CC[C@@H](C7)N6C(=O)[C@H](NC(=O)OC)c6ccccc6)[nH]5)cc4)ccc3c2)[nH]1)C(C)C. The van der Waals surface area contributed by atoms with Crippen molar-refractivity contribution in [3.8, 4) is 33.6 Å². The van der Waals surface area contributed by atoms with Crippen LogP contribution in [0.1, 0.15) is 81.3 Å². The molecular weight excluding hydrogens is 797 g/mol. The van der Waals surface area contributed by atoms with Gasteiger partial charge in [-0.3, -0.25) is 9.59 Å². The summed E-state index contributed by atoms with van der Waals surface area (Å²) < 4.78 is 9.67. The Balaban J connectivity index is 0.889. The molecule has 2 aliphatic heterocycles. The zero-order chi connectivity index (χ0) is 43.8. The highest BCUT2D eigenvalue weighted by molar-refractivity contribution is 5.91. The van der Waals surface area contributed by atoms with Crippen molar-refractivity contribution in [3.05, 3.63) is 121 Å². The zero-order valence-electron chi connectivity index (χ0n) is 35.8. The lowest BCUT2D eigenvalue weighted by atomic mass is 9.96. The Bertz CT molecular complexity index is 2640. The van der Waals surface area contributed by atoms with Crippen LogP contribution in [0.15, 0.2) is 103 Å². The first-order valence-electron chi connectivity index (χ1n) is 21.7. The van der Waals surface area contributed by atoms with Crippen molar-refractivity contribution in [2.75, 3.05) is 20.8 Å². The summed E-state index contributed by atoms with van der Waals surface area (Å²) in [5.41, 5.74) is 6.59. The monoisotopic (exact) mass is 848 g/mol. The lowest BCUT2D eigenvalue weighted by Gasteiger charge is -2.36. The maximum atomic E-state index is 14.3. The van der Waals surface area contributed by atoms with Gasteiger partial charge >= 0.3 is 12.2 Å². The smallest absolute Gasteiger partial charge is 0.407 e.